The summed E-state index contributed by atoms with van der Waals surface area (Å²) in [5, 5.41) is 5.78. The second-order valence-corrected chi connectivity index (χ2v) is 7.98. The number of sulfonamides is 1. The number of benzene rings is 1. The van der Waals surface area contributed by atoms with Crippen molar-refractivity contribution < 1.29 is 13.2 Å². The average molecular weight is 353 g/mol. The SMILES string of the molecule is CCCNC(=O)CNc1ccc(S(=O)(=O)N2CCCCCC2)cc1. The minimum atomic E-state index is -3.42. The molecule has 1 aliphatic rings. The zero-order valence-electron chi connectivity index (χ0n) is 14.3. The van der Waals surface area contributed by atoms with Gasteiger partial charge in [0.15, 0.2) is 0 Å². The number of anilines is 1. The summed E-state index contributed by atoms with van der Waals surface area (Å²) >= 11 is 0. The number of carbonyl (C=O) groups excluding carboxylic acids is 1. The zero-order valence-corrected chi connectivity index (χ0v) is 15.1. The Kier molecular flexibility index (Phi) is 7.05. The number of hydrogen-bond donors (Lipinski definition) is 2. The van der Waals surface area contributed by atoms with Gasteiger partial charge in [0.05, 0.1) is 11.4 Å². The molecule has 0 radical (unpaired) electrons. The normalized spacial score (nSPS) is 16.4. The van der Waals surface area contributed by atoms with Crippen LogP contribution in [0.2, 0.25) is 0 Å². The molecule has 1 heterocycles. The van der Waals surface area contributed by atoms with Crippen LogP contribution in [0.25, 0.3) is 0 Å². The van der Waals surface area contributed by atoms with Gasteiger partial charge in [-0.3, -0.25) is 4.79 Å². The van der Waals surface area contributed by atoms with Crippen LogP contribution in [-0.2, 0) is 14.8 Å². The van der Waals surface area contributed by atoms with Crippen LogP contribution in [0.4, 0.5) is 5.69 Å². The molecule has 2 rings (SSSR count). The second kappa shape index (κ2) is 9.03. The summed E-state index contributed by atoms with van der Waals surface area (Å²) in [6, 6.07) is 6.62. The Bertz CT molecular complexity index is 621. The van der Waals surface area contributed by atoms with Crippen molar-refractivity contribution in [1.82, 2.24) is 9.62 Å². The zero-order chi connectivity index (χ0) is 17.4. The number of hydrogen-bond acceptors (Lipinski definition) is 4. The predicted molar refractivity (Wildman–Crippen MR) is 95.5 cm³/mol. The van der Waals surface area contributed by atoms with E-state index >= 15 is 0 Å². The highest BCUT2D eigenvalue weighted by atomic mass is 32.2. The highest BCUT2D eigenvalue weighted by Gasteiger charge is 2.24. The molecule has 1 fully saturated rings. The summed E-state index contributed by atoms with van der Waals surface area (Å²) in [5.41, 5.74) is 0.733. The van der Waals surface area contributed by atoms with Gasteiger partial charge in [0.1, 0.15) is 0 Å². The minimum absolute atomic E-state index is 0.0712. The molecule has 1 amide bonds. The Morgan fingerprint density at radius 2 is 1.71 bits per heavy atom. The maximum atomic E-state index is 12.7. The first-order valence-electron chi connectivity index (χ1n) is 8.65. The van der Waals surface area contributed by atoms with E-state index in [-0.39, 0.29) is 12.5 Å². The Morgan fingerprint density at radius 1 is 1.08 bits per heavy atom. The third-order valence-electron chi connectivity index (χ3n) is 4.08. The molecule has 6 nitrogen and oxygen atoms in total. The number of nitrogens with zero attached hydrogens (tertiary/aromatic N) is 1. The van der Waals surface area contributed by atoms with Crippen LogP contribution in [0.15, 0.2) is 29.2 Å². The summed E-state index contributed by atoms with van der Waals surface area (Å²) in [4.78, 5) is 11.9. The monoisotopic (exact) mass is 353 g/mol. The van der Waals surface area contributed by atoms with E-state index in [0.29, 0.717) is 24.5 Å². The lowest BCUT2D eigenvalue weighted by Gasteiger charge is -2.20. The van der Waals surface area contributed by atoms with Crippen molar-refractivity contribution in [2.75, 3.05) is 31.5 Å². The van der Waals surface area contributed by atoms with Crippen molar-refractivity contribution in [3.63, 3.8) is 0 Å². The Labute approximate surface area is 144 Å². The molecular weight excluding hydrogens is 326 g/mol. The van der Waals surface area contributed by atoms with Gasteiger partial charge >= 0.3 is 0 Å². The number of nitrogens with one attached hydrogen (secondary N) is 2. The van der Waals surface area contributed by atoms with Gasteiger partial charge in [-0.2, -0.15) is 4.31 Å². The molecule has 2 N–H and O–H groups in total. The van der Waals surface area contributed by atoms with Crippen molar-refractivity contribution in [3.8, 4) is 0 Å². The Hall–Kier alpha value is -1.60. The molecule has 0 saturated carbocycles. The van der Waals surface area contributed by atoms with Crippen molar-refractivity contribution in [1.29, 1.82) is 0 Å². The molecule has 0 bridgehead atoms. The molecule has 134 valence electrons. The third kappa shape index (κ3) is 5.21. The van der Waals surface area contributed by atoms with Gasteiger partial charge in [-0.15, -0.1) is 0 Å². The summed E-state index contributed by atoms with van der Waals surface area (Å²) in [5.74, 6) is -0.0712. The fourth-order valence-electron chi connectivity index (χ4n) is 2.69. The molecule has 7 heteroatoms. The van der Waals surface area contributed by atoms with E-state index in [0.717, 1.165) is 37.8 Å². The topological polar surface area (TPSA) is 78.5 Å². The van der Waals surface area contributed by atoms with Gasteiger partial charge in [0.2, 0.25) is 15.9 Å². The molecule has 1 aromatic rings. The fourth-order valence-corrected chi connectivity index (χ4v) is 4.20. The summed E-state index contributed by atoms with van der Waals surface area (Å²) < 4.78 is 26.9. The Balaban J connectivity index is 1.96. The first kappa shape index (κ1) is 18.7. The van der Waals surface area contributed by atoms with E-state index in [4.69, 9.17) is 0 Å². The molecular formula is C17H27N3O3S. The first-order chi connectivity index (χ1) is 11.5. The minimum Gasteiger partial charge on any atom is -0.376 e. The van der Waals surface area contributed by atoms with Crippen LogP contribution in [-0.4, -0.2) is 44.8 Å². The average Bonchev–Trinajstić information content (AvgIpc) is 2.88. The molecule has 0 atom stereocenters. The number of rotatable bonds is 7. The van der Waals surface area contributed by atoms with Crippen molar-refractivity contribution in [2.24, 2.45) is 0 Å². The predicted octanol–water partition coefficient (Wildman–Crippen LogP) is 2.19. The van der Waals surface area contributed by atoms with Crippen molar-refractivity contribution in [2.45, 2.75) is 43.9 Å². The molecule has 0 unspecified atom stereocenters. The fraction of sp³-hybridized carbons (Fsp3) is 0.588. The van der Waals surface area contributed by atoms with Gasteiger partial charge in [-0.1, -0.05) is 19.8 Å². The summed E-state index contributed by atoms with van der Waals surface area (Å²) in [6.45, 7) is 4.03. The van der Waals surface area contributed by atoms with Crippen LogP contribution in [0.5, 0.6) is 0 Å². The third-order valence-corrected chi connectivity index (χ3v) is 6.00. The maximum Gasteiger partial charge on any atom is 0.243 e. The van der Waals surface area contributed by atoms with Gasteiger partial charge in [0.25, 0.3) is 0 Å². The largest absolute Gasteiger partial charge is 0.376 e. The van der Waals surface area contributed by atoms with E-state index < -0.39 is 10.0 Å². The van der Waals surface area contributed by atoms with Gasteiger partial charge in [-0.25, -0.2) is 8.42 Å². The van der Waals surface area contributed by atoms with E-state index in [2.05, 4.69) is 10.6 Å². The second-order valence-electron chi connectivity index (χ2n) is 6.05. The summed E-state index contributed by atoms with van der Waals surface area (Å²) in [7, 11) is -3.42. The first-order valence-corrected chi connectivity index (χ1v) is 10.1. The van der Waals surface area contributed by atoms with Crippen LogP contribution >= 0.6 is 0 Å². The van der Waals surface area contributed by atoms with Crippen molar-refractivity contribution in [3.05, 3.63) is 24.3 Å². The molecule has 1 saturated heterocycles. The highest BCUT2D eigenvalue weighted by molar-refractivity contribution is 7.89. The van der Waals surface area contributed by atoms with Crippen LogP contribution in [0.1, 0.15) is 39.0 Å². The van der Waals surface area contributed by atoms with Gasteiger partial charge in [-0.05, 0) is 43.5 Å². The summed E-state index contributed by atoms with van der Waals surface area (Å²) in [6.07, 6.45) is 4.93. The van der Waals surface area contributed by atoms with Gasteiger partial charge < -0.3 is 10.6 Å². The van der Waals surface area contributed by atoms with Crippen LogP contribution < -0.4 is 10.6 Å². The number of amides is 1. The smallest absolute Gasteiger partial charge is 0.243 e. The van der Waals surface area contributed by atoms with Crippen LogP contribution in [0, 0.1) is 0 Å². The van der Waals surface area contributed by atoms with E-state index in [9.17, 15) is 13.2 Å². The number of carbonyl (C=O) groups is 1. The lowest BCUT2D eigenvalue weighted by atomic mass is 10.2. The lowest BCUT2D eigenvalue weighted by molar-refractivity contribution is -0.119. The molecule has 1 aliphatic heterocycles. The maximum absolute atomic E-state index is 12.7. The van der Waals surface area contributed by atoms with E-state index in [1.54, 1.807) is 28.6 Å². The van der Waals surface area contributed by atoms with Crippen molar-refractivity contribution >= 4 is 21.6 Å². The molecule has 0 spiro atoms. The molecule has 24 heavy (non-hydrogen) atoms. The van der Waals surface area contributed by atoms with E-state index in [1.165, 1.54) is 0 Å². The van der Waals surface area contributed by atoms with E-state index in [1.807, 2.05) is 6.92 Å². The quantitative estimate of drug-likeness (QED) is 0.788. The molecule has 1 aromatic carbocycles. The lowest BCUT2D eigenvalue weighted by Crippen LogP contribution is -2.32. The Morgan fingerprint density at radius 3 is 2.29 bits per heavy atom. The molecule has 0 aromatic heterocycles. The standard InChI is InChI=1S/C17H27N3O3S/c1-2-11-18-17(21)14-19-15-7-9-16(10-8-15)24(22,23)20-12-5-3-4-6-13-20/h7-10,19H,2-6,11-14H2,1H3,(H,18,21). The highest BCUT2D eigenvalue weighted by Crippen LogP contribution is 2.21. The van der Waals surface area contributed by atoms with Crippen LogP contribution in [0.3, 0.4) is 0 Å². The van der Waals surface area contributed by atoms with Gasteiger partial charge in [0, 0.05) is 25.3 Å². The molecule has 0 aliphatic carbocycles.